The van der Waals surface area contributed by atoms with Crippen molar-refractivity contribution in [3.8, 4) is 0 Å². The molecule has 0 atom stereocenters. The zero-order chi connectivity index (χ0) is 12.8. The van der Waals surface area contributed by atoms with Crippen molar-refractivity contribution in [2.24, 2.45) is 0 Å². The number of para-hydroxylation sites is 1. The van der Waals surface area contributed by atoms with Gasteiger partial charge in [0.15, 0.2) is 0 Å². The van der Waals surface area contributed by atoms with Gasteiger partial charge in [-0.15, -0.1) is 0 Å². The zero-order valence-electron chi connectivity index (χ0n) is 11.3. The monoisotopic (exact) mass is 262 g/mol. The summed E-state index contributed by atoms with van der Waals surface area (Å²) in [5, 5.41) is 4.78. The van der Waals surface area contributed by atoms with Crippen LogP contribution < -0.4 is 5.32 Å². The van der Waals surface area contributed by atoms with Crippen molar-refractivity contribution in [2.45, 2.75) is 26.4 Å². The van der Waals surface area contributed by atoms with Crippen LogP contribution >= 0.6 is 11.8 Å². The molecule has 2 nitrogen and oxygen atoms in total. The van der Waals surface area contributed by atoms with Crippen LogP contribution in [0.1, 0.15) is 18.9 Å². The Balaban J connectivity index is 2.23. The van der Waals surface area contributed by atoms with E-state index in [1.54, 1.807) is 0 Å². The summed E-state index contributed by atoms with van der Waals surface area (Å²) in [6.07, 6.45) is 5.63. The molecule has 1 N–H and O–H groups in total. The van der Waals surface area contributed by atoms with Crippen LogP contribution in [0.4, 0.5) is 0 Å². The van der Waals surface area contributed by atoms with Gasteiger partial charge < -0.3 is 9.88 Å². The molecule has 0 saturated heterocycles. The molecule has 0 radical (unpaired) electrons. The third kappa shape index (κ3) is 3.09. The second-order valence-electron chi connectivity index (χ2n) is 4.49. The Morgan fingerprint density at radius 2 is 2.17 bits per heavy atom. The Bertz CT molecular complexity index is 490. The summed E-state index contributed by atoms with van der Waals surface area (Å²) >= 11 is 1.92. The standard InChI is InChI=1S/C15H22N2S/c1-3-16-12-14-7-4-6-13-8-10-17(15(13)14)9-5-11-18-2/h4,6-8,10,16H,3,5,9,11-12H2,1-2H3. The van der Waals surface area contributed by atoms with Gasteiger partial charge in [-0.3, -0.25) is 0 Å². The van der Waals surface area contributed by atoms with Crippen molar-refractivity contribution in [3.63, 3.8) is 0 Å². The molecule has 0 aliphatic carbocycles. The number of nitrogens with one attached hydrogen (secondary N) is 1. The maximum absolute atomic E-state index is 3.42. The highest BCUT2D eigenvalue weighted by Gasteiger charge is 2.05. The first-order valence-electron chi connectivity index (χ1n) is 6.63. The number of benzene rings is 1. The molecule has 0 bridgehead atoms. The number of fused-ring (bicyclic) bond motifs is 1. The SMILES string of the molecule is CCNCc1cccc2ccn(CCCSC)c12. The summed E-state index contributed by atoms with van der Waals surface area (Å²) in [5.41, 5.74) is 2.81. The van der Waals surface area contributed by atoms with Crippen molar-refractivity contribution in [1.29, 1.82) is 0 Å². The van der Waals surface area contributed by atoms with Gasteiger partial charge in [0, 0.05) is 19.3 Å². The molecule has 0 amide bonds. The predicted octanol–water partition coefficient (Wildman–Crippen LogP) is 3.50. The lowest BCUT2D eigenvalue weighted by atomic mass is 10.1. The number of thioether (sulfide) groups is 1. The lowest BCUT2D eigenvalue weighted by Gasteiger charge is -2.10. The highest BCUT2D eigenvalue weighted by molar-refractivity contribution is 7.98. The van der Waals surface area contributed by atoms with Crippen LogP contribution in [0.3, 0.4) is 0 Å². The smallest absolute Gasteiger partial charge is 0.0525 e. The van der Waals surface area contributed by atoms with Crippen molar-refractivity contribution >= 4 is 22.7 Å². The number of aromatic nitrogens is 1. The Hall–Kier alpha value is -0.930. The number of nitrogens with zero attached hydrogens (tertiary/aromatic N) is 1. The van der Waals surface area contributed by atoms with Crippen molar-refractivity contribution in [1.82, 2.24) is 9.88 Å². The molecule has 1 aromatic heterocycles. The average molecular weight is 262 g/mol. The Morgan fingerprint density at radius 3 is 2.94 bits per heavy atom. The van der Waals surface area contributed by atoms with E-state index in [2.05, 4.69) is 53.5 Å². The first-order valence-corrected chi connectivity index (χ1v) is 8.02. The summed E-state index contributed by atoms with van der Waals surface area (Å²) in [6.45, 7) is 5.25. The number of hydrogen-bond donors (Lipinski definition) is 1. The largest absolute Gasteiger partial charge is 0.347 e. The van der Waals surface area contributed by atoms with Gasteiger partial charge in [-0.2, -0.15) is 11.8 Å². The average Bonchev–Trinajstić information content (AvgIpc) is 2.81. The molecular weight excluding hydrogens is 240 g/mol. The van der Waals surface area contributed by atoms with E-state index in [4.69, 9.17) is 0 Å². The highest BCUT2D eigenvalue weighted by Crippen LogP contribution is 2.21. The minimum Gasteiger partial charge on any atom is -0.347 e. The van der Waals surface area contributed by atoms with Crippen molar-refractivity contribution in [2.75, 3.05) is 18.6 Å². The summed E-state index contributed by atoms with van der Waals surface area (Å²) in [4.78, 5) is 0. The lowest BCUT2D eigenvalue weighted by molar-refractivity contribution is 0.694. The summed E-state index contributed by atoms with van der Waals surface area (Å²) in [5.74, 6) is 1.23. The molecule has 2 rings (SSSR count). The van der Waals surface area contributed by atoms with Gasteiger partial charge in [0.1, 0.15) is 0 Å². The number of aryl methyl sites for hydroxylation is 1. The fourth-order valence-electron chi connectivity index (χ4n) is 2.31. The van der Waals surface area contributed by atoms with E-state index in [-0.39, 0.29) is 0 Å². The van der Waals surface area contributed by atoms with Crippen molar-refractivity contribution in [3.05, 3.63) is 36.0 Å². The first-order chi connectivity index (χ1) is 8.86. The molecule has 0 unspecified atom stereocenters. The third-order valence-electron chi connectivity index (χ3n) is 3.18. The van der Waals surface area contributed by atoms with Crippen LogP contribution in [0.15, 0.2) is 30.5 Å². The molecule has 2 aromatic rings. The number of rotatable bonds is 7. The summed E-state index contributed by atoms with van der Waals surface area (Å²) < 4.78 is 2.40. The molecule has 3 heteroatoms. The molecule has 1 aromatic carbocycles. The van der Waals surface area contributed by atoms with Crippen LogP contribution in [0.5, 0.6) is 0 Å². The maximum atomic E-state index is 3.42. The molecular formula is C15H22N2S. The van der Waals surface area contributed by atoms with Crippen LogP contribution in [-0.2, 0) is 13.1 Å². The van der Waals surface area contributed by atoms with Gasteiger partial charge in [-0.1, -0.05) is 25.1 Å². The summed E-state index contributed by atoms with van der Waals surface area (Å²) in [6, 6.07) is 8.82. The maximum Gasteiger partial charge on any atom is 0.0525 e. The molecule has 0 saturated carbocycles. The Morgan fingerprint density at radius 1 is 1.28 bits per heavy atom. The summed E-state index contributed by atoms with van der Waals surface area (Å²) in [7, 11) is 0. The van der Waals surface area contributed by atoms with E-state index in [1.165, 1.54) is 28.6 Å². The van der Waals surface area contributed by atoms with Gasteiger partial charge in [-0.05, 0) is 42.0 Å². The van der Waals surface area contributed by atoms with E-state index < -0.39 is 0 Å². The quantitative estimate of drug-likeness (QED) is 0.769. The third-order valence-corrected chi connectivity index (χ3v) is 3.88. The Labute approximate surface area is 114 Å². The molecule has 0 fully saturated rings. The predicted molar refractivity (Wildman–Crippen MR) is 82.3 cm³/mol. The van der Waals surface area contributed by atoms with E-state index in [9.17, 15) is 0 Å². The van der Waals surface area contributed by atoms with E-state index in [0.29, 0.717) is 0 Å². The fourth-order valence-corrected chi connectivity index (χ4v) is 2.73. The van der Waals surface area contributed by atoms with Crippen LogP contribution in [0.25, 0.3) is 10.9 Å². The van der Waals surface area contributed by atoms with E-state index in [1.807, 2.05) is 11.8 Å². The van der Waals surface area contributed by atoms with Crippen LogP contribution in [0.2, 0.25) is 0 Å². The van der Waals surface area contributed by atoms with Gasteiger partial charge in [-0.25, -0.2) is 0 Å². The lowest BCUT2D eigenvalue weighted by Crippen LogP contribution is -2.13. The highest BCUT2D eigenvalue weighted by atomic mass is 32.2. The molecule has 1 heterocycles. The van der Waals surface area contributed by atoms with Crippen LogP contribution in [0, 0.1) is 0 Å². The molecule has 0 aliphatic rings. The minimum absolute atomic E-state index is 0.959. The molecule has 98 valence electrons. The number of hydrogen-bond acceptors (Lipinski definition) is 2. The molecule has 18 heavy (non-hydrogen) atoms. The van der Waals surface area contributed by atoms with E-state index >= 15 is 0 Å². The van der Waals surface area contributed by atoms with Gasteiger partial charge in [0.25, 0.3) is 0 Å². The van der Waals surface area contributed by atoms with E-state index in [0.717, 1.165) is 19.6 Å². The second kappa shape index (κ2) is 6.86. The van der Waals surface area contributed by atoms with Gasteiger partial charge in [0.05, 0.1) is 5.52 Å². The molecule has 0 spiro atoms. The first kappa shape index (κ1) is 13.5. The van der Waals surface area contributed by atoms with Crippen LogP contribution in [-0.4, -0.2) is 23.1 Å². The van der Waals surface area contributed by atoms with Crippen molar-refractivity contribution < 1.29 is 0 Å². The van der Waals surface area contributed by atoms with Gasteiger partial charge >= 0.3 is 0 Å². The minimum atomic E-state index is 0.959. The topological polar surface area (TPSA) is 17.0 Å². The second-order valence-corrected chi connectivity index (χ2v) is 5.48. The van der Waals surface area contributed by atoms with Gasteiger partial charge in [0.2, 0.25) is 0 Å². The zero-order valence-corrected chi connectivity index (χ0v) is 12.1. The Kier molecular flexibility index (Phi) is 5.14. The molecule has 0 aliphatic heterocycles. The fraction of sp³-hybridized carbons (Fsp3) is 0.467. The normalized spacial score (nSPS) is 11.2.